The average Bonchev–Trinajstić information content (AvgIpc) is 2.31. The van der Waals surface area contributed by atoms with Gasteiger partial charge in [-0.2, -0.15) is 0 Å². The van der Waals surface area contributed by atoms with E-state index in [9.17, 15) is 12.8 Å². The molecule has 2 rings (SSSR count). The summed E-state index contributed by atoms with van der Waals surface area (Å²) in [6.07, 6.45) is 1.25. The molecule has 0 radical (unpaired) electrons. The number of rotatable bonds is 3. The lowest BCUT2D eigenvalue weighted by Crippen LogP contribution is -2.14. The molecule has 100 valence electrons. The van der Waals surface area contributed by atoms with Gasteiger partial charge < -0.3 is 5.73 Å². The summed E-state index contributed by atoms with van der Waals surface area (Å²) in [5, 5.41) is 0. The Morgan fingerprint density at radius 2 is 2.00 bits per heavy atom. The summed E-state index contributed by atoms with van der Waals surface area (Å²) in [5.74, 6) is -0.581. The molecule has 0 amide bonds. The third-order valence-corrected chi connectivity index (χ3v) is 4.13. The van der Waals surface area contributed by atoms with Crippen molar-refractivity contribution in [3.05, 3.63) is 46.8 Å². The Bertz CT molecular complexity index is 704. The molecule has 0 saturated carbocycles. The topological polar surface area (TPSA) is 85.1 Å². The second-order valence-corrected chi connectivity index (χ2v) is 6.22. The Morgan fingerprint density at radius 1 is 1.26 bits per heavy atom. The van der Waals surface area contributed by atoms with Crippen LogP contribution in [0.3, 0.4) is 0 Å². The normalized spacial score (nSPS) is 11.3. The third kappa shape index (κ3) is 3.21. The lowest BCUT2D eigenvalue weighted by atomic mass is 10.3. The number of sulfonamides is 1. The van der Waals surface area contributed by atoms with Crippen LogP contribution in [0.2, 0.25) is 0 Å². The Hall–Kier alpha value is -1.67. The Labute approximate surface area is 117 Å². The molecule has 0 unspecified atom stereocenters. The molecular formula is C11H9BrFN3O2S. The predicted molar refractivity (Wildman–Crippen MR) is 73.6 cm³/mol. The second kappa shape index (κ2) is 5.14. The van der Waals surface area contributed by atoms with E-state index < -0.39 is 20.7 Å². The first-order valence-corrected chi connectivity index (χ1v) is 7.35. The van der Waals surface area contributed by atoms with E-state index in [0.717, 1.165) is 6.07 Å². The van der Waals surface area contributed by atoms with E-state index in [2.05, 4.69) is 25.6 Å². The largest absolute Gasteiger partial charge is 0.384 e. The van der Waals surface area contributed by atoms with Gasteiger partial charge in [0, 0.05) is 4.47 Å². The van der Waals surface area contributed by atoms with Gasteiger partial charge in [0.25, 0.3) is 10.0 Å². The number of anilines is 2. The van der Waals surface area contributed by atoms with Crippen LogP contribution in [0.25, 0.3) is 0 Å². The maximum atomic E-state index is 13.6. The Balaban J connectivity index is 2.35. The van der Waals surface area contributed by atoms with Crippen LogP contribution in [0, 0.1) is 5.82 Å². The van der Waals surface area contributed by atoms with Crippen molar-refractivity contribution < 1.29 is 12.8 Å². The zero-order valence-corrected chi connectivity index (χ0v) is 11.9. The summed E-state index contributed by atoms with van der Waals surface area (Å²) in [6, 6.07) is 6.58. The molecule has 0 aliphatic heterocycles. The minimum atomic E-state index is -4.00. The third-order valence-electron chi connectivity index (χ3n) is 2.22. The van der Waals surface area contributed by atoms with Gasteiger partial charge in [0.1, 0.15) is 16.5 Å². The van der Waals surface area contributed by atoms with Crippen LogP contribution in [-0.4, -0.2) is 13.4 Å². The van der Waals surface area contributed by atoms with Gasteiger partial charge in [-0.05, 0) is 30.3 Å². The summed E-state index contributed by atoms with van der Waals surface area (Å²) in [7, 11) is -4.00. The van der Waals surface area contributed by atoms with Gasteiger partial charge in [-0.3, -0.25) is 4.72 Å². The van der Waals surface area contributed by atoms with Crippen molar-refractivity contribution >= 4 is 37.5 Å². The van der Waals surface area contributed by atoms with E-state index >= 15 is 0 Å². The van der Waals surface area contributed by atoms with Crippen LogP contribution in [0.15, 0.2) is 45.9 Å². The van der Waals surface area contributed by atoms with Gasteiger partial charge >= 0.3 is 0 Å². The van der Waals surface area contributed by atoms with E-state index in [1.807, 2.05) is 0 Å². The van der Waals surface area contributed by atoms with E-state index in [4.69, 9.17) is 5.73 Å². The minimum Gasteiger partial charge on any atom is -0.384 e. The lowest BCUT2D eigenvalue weighted by molar-refractivity contribution is 0.570. The number of pyridine rings is 1. The molecule has 8 heteroatoms. The van der Waals surface area contributed by atoms with Gasteiger partial charge in [-0.25, -0.2) is 17.8 Å². The van der Waals surface area contributed by atoms with Crippen LogP contribution in [-0.2, 0) is 10.0 Å². The standard InChI is InChI=1S/C11H9BrFN3O2S/c12-7-1-3-10(9(13)5-7)19(17,18)16-8-2-4-11(14)15-6-8/h1-6,16H,(H2,14,15). The predicted octanol–water partition coefficient (Wildman–Crippen LogP) is 2.37. The molecule has 1 aromatic heterocycles. The van der Waals surface area contributed by atoms with E-state index in [0.29, 0.717) is 4.47 Å². The van der Waals surface area contributed by atoms with Gasteiger partial charge in [-0.15, -0.1) is 0 Å². The number of benzene rings is 1. The second-order valence-electron chi connectivity index (χ2n) is 3.65. The van der Waals surface area contributed by atoms with Crippen LogP contribution < -0.4 is 10.5 Å². The monoisotopic (exact) mass is 345 g/mol. The van der Waals surface area contributed by atoms with E-state index in [-0.39, 0.29) is 11.5 Å². The fourth-order valence-corrected chi connectivity index (χ4v) is 2.81. The van der Waals surface area contributed by atoms with Crippen molar-refractivity contribution in [2.75, 3.05) is 10.5 Å². The number of nitrogens with one attached hydrogen (secondary N) is 1. The van der Waals surface area contributed by atoms with Gasteiger partial charge in [0.05, 0.1) is 11.9 Å². The molecule has 19 heavy (non-hydrogen) atoms. The van der Waals surface area contributed by atoms with Crippen molar-refractivity contribution in [1.82, 2.24) is 4.98 Å². The number of aromatic nitrogens is 1. The maximum absolute atomic E-state index is 13.6. The maximum Gasteiger partial charge on any atom is 0.264 e. The van der Waals surface area contributed by atoms with Crippen molar-refractivity contribution in [2.45, 2.75) is 4.90 Å². The van der Waals surface area contributed by atoms with Crippen molar-refractivity contribution in [3.63, 3.8) is 0 Å². The highest BCUT2D eigenvalue weighted by Crippen LogP contribution is 2.21. The highest BCUT2D eigenvalue weighted by Gasteiger charge is 2.19. The molecular weight excluding hydrogens is 337 g/mol. The average molecular weight is 346 g/mol. The van der Waals surface area contributed by atoms with E-state index in [1.165, 1.54) is 30.5 Å². The molecule has 2 aromatic rings. The van der Waals surface area contributed by atoms with Gasteiger partial charge in [-0.1, -0.05) is 15.9 Å². The number of hydrogen-bond acceptors (Lipinski definition) is 4. The minimum absolute atomic E-state index is 0.205. The lowest BCUT2D eigenvalue weighted by Gasteiger charge is -2.08. The quantitative estimate of drug-likeness (QED) is 0.894. The molecule has 3 N–H and O–H groups in total. The smallest absolute Gasteiger partial charge is 0.264 e. The number of nitrogen functional groups attached to an aromatic ring is 1. The number of hydrogen-bond donors (Lipinski definition) is 2. The van der Waals surface area contributed by atoms with Crippen LogP contribution >= 0.6 is 15.9 Å². The molecule has 0 aliphatic rings. The summed E-state index contributed by atoms with van der Waals surface area (Å²) in [5.41, 5.74) is 5.59. The van der Waals surface area contributed by atoms with Crippen LogP contribution in [0.4, 0.5) is 15.9 Å². The van der Waals surface area contributed by atoms with Crippen molar-refractivity contribution in [3.8, 4) is 0 Å². The number of halogens is 2. The molecule has 0 saturated heterocycles. The van der Waals surface area contributed by atoms with Gasteiger partial charge in [0.2, 0.25) is 0 Å². The fraction of sp³-hybridized carbons (Fsp3) is 0. The molecule has 0 atom stereocenters. The highest BCUT2D eigenvalue weighted by molar-refractivity contribution is 9.10. The molecule has 0 fully saturated rings. The first-order valence-electron chi connectivity index (χ1n) is 5.08. The van der Waals surface area contributed by atoms with E-state index in [1.54, 1.807) is 0 Å². The number of nitrogens with zero attached hydrogens (tertiary/aromatic N) is 1. The van der Waals surface area contributed by atoms with Crippen molar-refractivity contribution in [2.24, 2.45) is 0 Å². The molecule has 0 aliphatic carbocycles. The molecule has 1 heterocycles. The molecule has 1 aromatic carbocycles. The zero-order valence-electron chi connectivity index (χ0n) is 9.47. The summed E-state index contributed by atoms with van der Waals surface area (Å²) in [6.45, 7) is 0. The Morgan fingerprint density at radius 3 is 2.58 bits per heavy atom. The van der Waals surface area contributed by atoms with Crippen LogP contribution in [0.5, 0.6) is 0 Å². The highest BCUT2D eigenvalue weighted by atomic mass is 79.9. The fourth-order valence-electron chi connectivity index (χ4n) is 1.37. The number of nitrogens with two attached hydrogens (primary N) is 1. The van der Waals surface area contributed by atoms with Gasteiger partial charge in [0.15, 0.2) is 0 Å². The summed E-state index contributed by atoms with van der Waals surface area (Å²) in [4.78, 5) is 3.31. The molecule has 5 nitrogen and oxygen atoms in total. The summed E-state index contributed by atoms with van der Waals surface area (Å²) < 4.78 is 40.3. The molecule has 0 bridgehead atoms. The summed E-state index contributed by atoms with van der Waals surface area (Å²) >= 11 is 3.06. The SMILES string of the molecule is Nc1ccc(NS(=O)(=O)c2ccc(Br)cc2F)cn1. The van der Waals surface area contributed by atoms with Crippen molar-refractivity contribution in [1.29, 1.82) is 0 Å². The van der Waals surface area contributed by atoms with Crippen LogP contribution in [0.1, 0.15) is 0 Å². The molecule has 0 spiro atoms. The first kappa shape index (κ1) is 13.8. The first-order chi connectivity index (χ1) is 8.88. The zero-order chi connectivity index (χ0) is 14.0. The Kier molecular flexibility index (Phi) is 3.72.